The Balaban J connectivity index is 1.73. The van der Waals surface area contributed by atoms with Gasteiger partial charge in [0.2, 0.25) is 10.0 Å². The summed E-state index contributed by atoms with van der Waals surface area (Å²) in [5, 5.41) is 5.43. The molecule has 7 nitrogen and oxygen atoms in total. The molecule has 0 unspecified atom stereocenters. The lowest BCUT2D eigenvalue weighted by Gasteiger charge is -2.21. The molecular formula is C22H26ClN3O4S. The van der Waals surface area contributed by atoms with E-state index in [4.69, 9.17) is 11.6 Å². The number of hydrogen-bond acceptors (Lipinski definition) is 4. The smallest absolute Gasteiger partial charge is 0.251 e. The first kappa shape index (κ1) is 23.2. The van der Waals surface area contributed by atoms with Crippen molar-refractivity contribution in [3.8, 4) is 0 Å². The molecule has 0 radical (unpaired) electrons. The molecule has 0 aliphatic carbocycles. The lowest BCUT2D eigenvalue weighted by Crippen LogP contribution is -2.32. The second kappa shape index (κ2) is 10.3. The molecule has 3 rings (SSSR count). The van der Waals surface area contributed by atoms with Gasteiger partial charge in [0, 0.05) is 37.8 Å². The Bertz CT molecular complexity index is 1050. The van der Waals surface area contributed by atoms with Crippen molar-refractivity contribution in [1.82, 2.24) is 14.9 Å². The van der Waals surface area contributed by atoms with E-state index in [2.05, 4.69) is 10.6 Å². The van der Waals surface area contributed by atoms with Gasteiger partial charge in [0.25, 0.3) is 11.8 Å². The molecule has 1 heterocycles. The lowest BCUT2D eigenvalue weighted by atomic mass is 10.1. The topological polar surface area (TPSA) is 95.6 Å². The summed E-state index contributed by atoms with van der Waals surface area (Å²) in [7, 11) is -2.21. The maximum absolute atomic E-state index is 13.1. The minimum atomic E-state index is -3.77. The van der Waals surface area contributed by atoms with E-state index in [-0.39, 0.29) is 27.9 Å². The van der Waals surface area contributed by atoms with E-state index < -0.39 is 15.9 Å². The Labute approximate surface area is 187 Å². The van der Waals surface area contributed by atoms with Gasteiger partial charge in [0.1, 0.15) is 4.90 Å². The molecule has 0 aromatic heterocycles. The predicted octanol–water partition coefficient (Wildman–Crippen LogP) is 3.19. The summed E-state index contributed by atoms with van der Waals surface area (Å²) >= 11 is 6.20. The summed E-state index contributed by atoms with van der Waals surface area (Å²) in [6.45, 7) is 1.16. The molecule has 31 heavy (non-hydrogen) atoms. The van der Waals surface area contributed by atoms with Crippen LogP contribution in [0.3, 0.4) is 0 Å². The highest BCUT2D eigenvalue weighted by atomic mass is 35.5. The van der Waals surface area contributed by atoms with Gasteiger partial charge in [0.15, 0.2) is 0 Å². The molecule has 1 aliphatic rings. The normalized spacial score (nSPS) is 15.2. The Kier molecular flexibility index (Phi) is 7.69. The molecular weight excluding hydrogens is 438 g/mol. The van der Waals surface area contributed by atoms with Crippen LogP contribution < -0.4 is 10.6 Å². The van der Waals surface area contributed by atoms with E-state index in [1.807, 2.05) is 0 Å². The third-order valence-corrected chi connectivity index (χ3v) is 7.65. The molecule has 166 valence electrons. The summed E-state index contributed by atoms with van der Waals surface area (Å²) in [6.07, 6.45) is 3.64. The highest BCUT2D eigenvalue weighted by Gasteiger charge is 2.28. The summed E-state index contributed by atoms with van der Waals surface area (Å²) < 4.78 is 27.7. The van der Waals surface area contributed by atoms with E-state index in [1.165, 1.54) is 22.5 Å². The van der Waals surface area contributed by atoms with Crippen molar-refractivity contribution in [2.24, 2.45) is 0 Å². The SMILES string of the molecule is CNC(=O)c1ccc(CNC(=O)c2ccc(Cl)c(S(=O)(=O)N3CCCCCC3)c2)cc1. The van der Waals surface area contributed by atoms with Crippen molar-refractivity contribution in [3.05, 3.63) is 64.2 Å². The molecule has 2 amide bonds. The van der Waals surface area contributed by atoms with Gasteiger partial charge in [-0.3, -0.25) is 9.59 Å². The van der Waals surface area contributed by atoms with Crippen molar-refractivity contribution < 1.29 is 18.0 Å². The lowest BCUT2D eigenvalue weighted by molar-refractivity contribution is 0.0946. The van der Waals surface area contributed by atoms with Gasteiger partial charge in [-0.2, -0.15) is 4.31 Å². The van der Waals surface area contributed by atoms with Gasteiger partial charge in [-0.05, 0) is 48.7 Å². The summed E-state index contributed by atoms with van der Waals surface area (Å²) in [5.74, 6) is -0.589. The summed E-state index contributed by atoms with van der Waals surface area (Å²) in [5.41, 5.74) is 1.56. The second-order valence-electron chi connectivity index (χ2n) is 7.42. The number of hydrogen-bond donors (Lipinski definition) is 2. The molecule has 9 heteroatoms. The molecule has 2 aromatic rings. The van der Waals surface area contributed by atoms with Crippen LogP contribution in [0.15, 0.2) is 47.4 Å². The number of amides is 2. The van der Waals surface area contributed by atoms with Crippen LogP contribution in [0.4, 0.5) is 0 Å². The van der Waals surface area contributed by atoms with E-state index in [1.54, 1.807) is 31.3 Å². The quantitative estimate of drug-likeness (QED) is 0.687. The Morgan fingerprint density at radius 1 is 0.935 bits per heavy atom. The zero-order valence-electron chi connectivity index (χ0n) is 17.4. The van der Waals surface area contributed by atoms with Crippen LogP contribution in [0, 0.1) is 0 Å². The van der Waals surface area contributed by atoms with Gasteiger partial charge in [-0.15, -0.1) is 0 Å². The molecule has 0 spiro atoms. The zero-order chi connectivity index (χ0) is 22.4. The van der Waals surface area contributed by atoms with Crippen LogP contribution in [-0.2, 0) is 16.6 Å². The Morgan fingerprint density at radius 3 is 2.16 bits per heavy atom. The monoisotopic (exact) mass is 463 g/mol. The first-order chi connectivity index (χ1) is 14.8. The maximum atomic E-state index is 13.1. The number of halogens is 1. The minimum Gasteiger partial charge on any atom is -0.355 e. The van der Waals surface area contributed by atoms with Crippen LogP contribution in [0.2, 0.25) is 5.02 Å². The molecule has 0 saturated carbocycles. The average molecular weight is 464 g/mol. The van der Waals surface area contributed by atoms with E-state index >= 15 is 0 Å². The summed E-state index contributed by atoms with van der Waals surface area (Å²) in [6, 6.07) is 11.1. The summed E-state index contributed by atoms with van der Waals surface area (Å²) in [4.78, 5) is 24.2. The minimum absolute atomic E-state index is 0.0429. The van der Waals surface area contributed by atoms with E-state index in [9.17, 15) is 18.0 Å². The largest absolute Gasteiger partial charge is 0.355 e. The first-order valence-corrected chi connectivity index (χ1v) is 12.0. The molecule has 2 aromatic carbocycles. The van der Waals surface area contributed by atoms with Crippen molar-refractivity contribution in [2.45, 2.75) is 37.1 Å². The maximum Gasteiger partial charge on any atom is 0.251 e. The molecule has 1 fully saturated rings. The van der Waals surface area contributed by atoms with Crippen molar-refractivity contribution in [3.63, 3.8) is 0 Å². The number of nitrogens with one attached hydrogen (secondary N) is 2. The molecule has 0 bridgehead atoms. The fourth-order valence-electron chi connectivity index (χ4n) is 3.47. The fraction of sp³-hybridized carbons (Fsp3) is 0.364. The van der Waals surface area contributed by atoms with Crippen LogP contribution in [0.1, 0.15) is 52.0 Å². The molecule has 0 atom stereocenters. The predicted molar refractivity (Wildman–Crippen MR) is 120 cm³/mol. The average Bonchev–Trinajstić information content (AvgIpc) is 3.07. The molecule has 1 saturated heterocycles. The third kappa shape index (κ3) is 5.64. The van der Waals surface area contributed by atoms with Crippen LogP contribution in [0.25, 0.3) is 0 Å². The standard InChI is InChI=1S/C22H26ClN3O4S/c1-24-21(27)17-8-6-16(7-9-17)15-25-22(28)18-10-11-19(23)20(14-18)31(29,30)26-12-4-2-3-5-13-26/h6-11,14H,2-5,12-13,15H2,1H3,(H,24,27)(H,25,28). The van der Waals surface area contributed by atoms with E-state index in [0.717, 1.165) is 31.2 Å². The number of benzene rings is 2. The van der Waals surface area contributed by atoms with E-state index in [0.29, 0.717) is 18.7 Å². The zero-order valence-corrected chi connectivity index (χ0v) is 18.9. The van der Waals surface area contributed by atoms with Crippen LogP contribution in [-0.4, -0.2) is 44.7 Å². The Morgan fingerprint density at radius 2 is 1.55 bits per heavy atom. The highest BCUT2D eigenvalue weighted by Crippen LogP contribution is 2.27. The van der Waals surface area contributed by atoms with Crippen molar-refractivity contribution in [2.75, 3.05) is 20.1 Å². The second-order valence-corrected chi connectivity index (χ2v) is 9.74. The highest BCUT2D eigenvalue weighted by molar-refractivity contribution is 7.89. The first-order valence-electron chi connectivity index (χ1n) is 10.2. The number of sulfonamides is 1. The van der Waals surface area contributed by atoms with Gasteiger partial charge in [-0.25, -0.2) is 8.42 Å². The Hall–Kier alpha value is -2.42. The number of nitrogens with zero attached hydrogens (tertiary/aromatic N) is 1. The number of carbonyl (C=O) groups excluding carboxylic acids is 2. The number of carbonyl (C=O) groups is 2. The van der Waals surface area contributed by atoms with Gasteiger partial charge in [-0.1, -0.05) is 36.6 Å². The van der Waals surface area contributed by atoms with Crippen molar-refractivity contribution in [1.29, 1.82) is 0 Å². The van der Waals surface area contributed by atoms with Gasteiger partial charge < -0.3 is 10.6 Å². The van der Waals surface area contributed by atoms with Gasteiger partial charge >= 0.3 is 0 Å². The van der Waals surface area contributed by atoms with Crippen molar-refractivity contribution >= 4 is 33.4 Å². The molecule has 1 aliphatic heterocycles. The number of rotatable bonds is 6. The van der Waals surface area contributed by atoms with Crippen LogP contribution in [0.5, 0.6) is 0 Å². The van der Waals surface area contributed by atoms with Gasteiger partial charge in [0.05, 0.1) is 5.02 Å². The van der Waals surface area contributed by atoms with Crippen LogP contribution >= 0.6 is 11.6 Å². The fourth-order valence-corrected chi connectivity index (χ4v) is 5.48. The third-order valence-electron chi connectivity index (χ3n) is 5.27. The molecule has 2 N–H and O–H groups in total.